The first-order chi connectivity index (χ1) is 10.2. The number of hydrogen-bond donors (Lipinski definition) is 2. The molecule has 0 rings (SSSR count). The predicted molar refractivity (Wildman–Crippen MR) is 88.5 cm³/mol. The van der Waals surface area contributed by atoms with E-state index in [-0.39, 0.29) is 23.2 Å². The molecule has 0 aliphatic carbocycles. The molecule has 0 saturated heterocycles. The maximum atomic E-state index is 10.3. The summed E-state index contributed by atoms with van der Waals surface area (Å²) in [6, 6.07) is 0. The second kappa shape index (κ2) is 18.7. The van der Waals surface area contributed by atoms with Crippen LogP contribution in [0.1, 0.15) is 90.4 Å². The minimum absolute atomic E-state index is 0. The first-order valence-electron chi connectivity index (χ1n) is 8.71. The second-order valence-corrected chi connectivity index (χ2v) is 5.91. The predicted octanol–water partition coefficient (Wildman–Crippen LogP) is 5.08. The second-order valence-electron chi connectivity index (χ2n) is 5.91. The van der Waals surface area contributed by atoms with Gasteiger partial charge in [0.15, 0.2) is 0 Å². The number of rotatable bonds is 15. The van der Waals surface area contributed by atoms with Crippen LogP contribution in [0.3, 0.4) is 0 Å². The average molecular weight is 362 g/mol. The van der Waals surface area contributed by atoms with E-state index < -0.39 is 5.97 Å². The van der Waals surface area contributed by atoms with Gasteiger partial charge in [-0.2, -0.15) is 0 Å². The van der Waals surface area contributed by atoms with E-state index in [1.54, 1.807) is 0 Å². The number of hydrogen-bond acceptors (Lipinski definition) is 2. The van der Waals surface area contributed by atoms with E-state index >= 15 is 0 Å². The summed E-state index contributed by atoms with van der Waals surface area (Å²) >= 11 is 0. The Morgan fingerprint density at radius 1 is 0.955 bits per heavy atom. The van der Waals surface area contributed by atoms with E-state index in [9.17, 15) is 9.90 Å². The molecule has 2 N–H and O–H groups in total. The molecule has 1 unspecified atom stereocenters. The third-order valence-electron chi connectivity index (χ3n) is 3.73. The molecule has 0 aromatic carbocycles. The van der Waals surface area contributed by atoms with E-state index in [0.717, 1.165) is 51.4 Å². The molecule has 0 bridgehead atoms. The maximum Gasteiger partial charge on any atom is 0.303 e. The first kappa shape index (κ1) is 23.9. The van der Waals surface area contributed by atoms with E-state index in [1.807, 2.05) is 0 Å². The van der Waals surface area contributed by atoms with Gasteiger partial charge in [-0.05, 0) is 32.1 Å². The maximum absolute atomic E-state index is 10.3. The van der Waals surface area contributed by atoms with Crippen LogP contribution in [0.15, 0.2) is 12.2 Å². The third-order valence-corrected chi connectivity index (χ3v) is 3.73. The Morgan fingerprint density at radius 2 is 1.59 bits per heavy atom. The van der Waals surface area contributed by atoms with Gasteiger partial charge in [-0.15, -0.1) is 0 Å². The largest absolute Gasteiger partial charge is 0.481 e. The van der Waals surface area contributed by atoms with Gasteiger partial charge in [0.05, 0.1) is 6.10 Å². The first-order valence-corrected chi connectivity index (χ1v) is 8.71. The minimum atomic E-state index is -0.689. The van der Waals surface area contributed by atoms with Gasteiger partial charge in [-0.3, -0.25) is 4.79 Å². The summed E-state index contributed by atoms with van der Waals surface area (Å²) in [6.45, 7) is 2.20. The molecule has 0 aromatic rings. The summed E-state index contributed by atoms with van der Waals surface area (Å²) in [4.78, 5) is 10.3. The molecular weight excluding hydrogens is 328 g/mol. The number of allylic oxidation sites excluding steroid dienone is 1. The Bertz CT molecular complexity index is 267. The Kier molecular flexibility index (Phi) is 20.4. The van der Waals surface area contributed by atoms with E-state index in [0.29, 0.717) is 6.42 Å². The van der Waals surface area contributed by atoms with E-state index in [2.05, 4.69) is 19.1 Å². The fourth-order valence-electron chi connectivity index (χ4n) is 2.36. The van der Waals surface area contributed by atoms with Crippen molar-refractivity contribution < 1.29 is 32.1 Å². The Labute approximate surface area is 147 Å². The van der Waals surface area contributed by atoms with Crippen molar-refractivity contribution in [2.24, 2.45) is 0 Å². The van der Waals surface area contributed by atoms with Crippen LogP contribution >= 0.6 is 0 Å². The van der Waals surface area contributed by atoms with Gasteiger partial charge < -0.3 is 10.2 Å². The molecule has 22 heavy (non-hydrogen) atoms. The van der Waals surface area contributed by atoms with Crippen molar-refractivity contribution in [1.82, 2.24) is 0 Å². The van der Waals surface area contributed by atoms with Crippen molar-refractivity contribution >= 4 is 5.97 Å². The third kappa shape index (κ3) is 19.7. The number of carbonyl (C=O) groups is 1. The Balaban J connectivity index is 0. The van der Waals surface area contributed by atoms with Gasteiger partial charge in [0.2, 0.25) is 0 Å². The van der Waals surface area contributed by atoms with Crippen LogP contribution in [0.5, 0.6) is 0 Å². The molecule has 0 spiro atoms. The van der Waals surface area contributed by atoms with Crippen LogP contribution in [0, 0.1) is 0 Å². The van der Waals surface area contributed by atoms with Crippen LogP contribution < -0.4 is 0 Å². The van der Waals surface area contributed by atoms with Crippen molar-refractivity contribution in [3.63, 3.8) is 0 Å². The molecule has 1 radical (unpaired) electrons. The van der Waals surface area contributed by atoms with Crippen molar-refractivity contribution in [2.45, 2.75) is 96.5 Å². The Hall–Kier alpha value is -0.311. The van der Waals surface area contributed by atoms with Gasteiger partial charge in [0, 0.05) is 23.5 Å². The zero-order valence-electron chi connectivity index (χ0n) is 14.0. The van der Waals surface area contributed by atoms with Gasteiger partial charge in [0.1, 0.15) is 0 Å². The van der Waals surface area contributed by atoms with Crippen molar-refractivity contribution in [3.8, 4) is 0 Å². The number of aliphatic hydroxyl groups excluding tert-OH is 1. The monoisotopic (exact) mass is 361 g/mol. The number of carboxylic acids is 1. The standard InChI is InChI=1S/C18H34O3.Cu/c1-2-3-4-11-14-17(19)15-12-9-7-5-6-8-10-13-16-18(20)21;/h9,12,17,19H,2-8,10-11,13-16H2,1H3,(H,20,21);/b12-9+;. The van der Waals surface area contributed by atoms with Crippen LogP contribution in [0.4, 0.5) is 0 Å². The molecule has 4 heteroatoms. The molecule has 0 fully saturated rings. The molecule has 3 nitrogen and oxygen atoms in total. The number of unbranched alkanes of at least 4 members (excludes halogenated alkanes) is 8. The summed E-state index contributed by atoms with van der Waals surface area (Å²) in [7, 11) is 0. The molecule has 0 amide bonds. The van der Waals surface area contributed by atoms with Crippen LogP contribution in [0.25, 0.3) is 0 Å². The molecule has 0 heterocycles. The number of carboxylic acid groups (broad SMARTS) is 1. The number of aliphatic hydroxyl groups is 1. The fraction of sp³-hybridized carbons (Fsp3) is 0.833. The van der Waals surface area contributed by atoms with E-state index in [4.69, 9.17) is 5.11 Å². The summed E-state index contributed by atoms with van der Waals surface area (Å²) in [5, 5.41) is 18.3. The minimum Gasteiger partial charge on any atom is -0.481 e. The molecule has 0 aromatic heterocycles. The molecule has 135 valence electrons. The molecular formula is C18H34CuO3. The fourth-order valence-corrected chi connectivity index (χ4v) is 2.36. The van der Waals surface area contributed by atoms with Crippen LogP contribution in [-0.2, 0) is 21.9 Å². The normalized spacial score (nSPS) is 12.3. The topological polar surface area (TPSA) is 57.5 Å². The zero-order chi connectivity index (χ0) is 15.8. The van der Waals surface area contributed by atoms with Gasteiger partial charge >= 0.3 is 5.97 Å². The molecule has 1 atom stereocenters. The number of aliphatic carboxylic acids is 1. The smallest absolute Gasteiger partial charge is 0.303 e. The van der Waals surface area contributed by atoms with Gasteiger partial charge in [-0.1, -0.05) is 64.0 Å². The summed E-state index contributed by atoms with van der Waals surface area (Å²) in [6.07, 6.45) is 17.4. The Morgan fingerprint density at radius 3 is 2.27 bits per heavy atom. The van der Waals surface area contributed by atoms with Gasteiger partial charge in [0.25, 0.3) is 0 Å². The molecule has 0 aliphatic heterocycles. The summed E-state index contributed by atoms with van der Waals surface area (Å²) < 4.78 is 0. The summed E-state index contributed by atoms with van der Waals surface area (Å²) in [5.74, 6) is -0.689. The molecule has 0 saturated carbocycles. The van der Waals surface area contributed by atoms with E-state index in [1.165, 1.54) is 25.7 Å². The quantitative estimate of drug-likeness (QED) is 0.243. The average Bonchev–Trinajstić information content (AvgIpc) is 2.45. The molecule has 0 aliphatic rings. The SMILES string of the molecule is CCCCCCC(O)C/C=C/CCCCCCCC(=O)O.[Cu]. The summed E-state index contributed by atoms with van der Waals surface area (Å²) in [5.41, 5.74) is 0. The van der Waals surface area contributed by atoms with Crippen LogP contribution in [-0.4, -0.2) is 22.3 Å². The zero-order valence-corrected chi connectivity index (χ0v) is 15.0. The van der Waals surface area contributed by atoms with Crippen LogP contribution in [0.2, 0.25) is 0 Å². The van der Waals surface area contributed by atoms with Crippen molar-refractivity contribution in [1.29, 1.82) is 0 Å². The van der Waals surface area contributed by atoms with Crippen molar-refractivity contribution in [3.05, 3.63) is 12.2 Å². The van der Waals surface area contributed by atoms with Crippen molar-refractivity contribution in [2.75, 3.05) is 0 Å². The van der Waals surface area contributed by atoms with Gasteiger partial charge in [-0.25, -0.2) is 0 Å².